The van der Waals surface area contributed by atoms with Crippen LogP contribution >= 0.6 is 15.9 Å². The van der Waals surface area contributed by atoms with Crippen LogP contribution in [0.4, 0.5) is 0 Å². The summed E-state index contributed by atoms with van der Waals surface area (Å²) >= 11 is 3.41. The largest absolute Gasteiger partial charge is 0.495 e. The summed E-state index contributed by atoms with van der Waals surface area (Å²) in [6.07, 6.45) is 1.67. The Morgan fingerprint density at radius 3 is 2.86 bits per heavy atom. The van der Waals surface area contributed by atoms with Gasteiger partial charge in [-0.1, -0.05) is 19.1 Å². The van der Waals surface area contributed by atoms with Crippen molar-refractivity contribution in [3.8, 4) is 5.75 Å². The molecule has 1 aromatic carbocycles. The molecule has 14 heavy (non-hydrogen) atoms. The molecule has 1 atom stereocenters. The molecule has 0 fully saturated rings. The van der Waals surface area contributed by atoms with Crippen LogP contribution in [0.15, 0.2) is 22.7 Å². The third kappa shape index (κ3) is 2.58. The summed E-state index contributed by atoms with van der Waals surface area (Å²) < 4.78 is 6.19. The van der Waals surface area contributed by atoms with Gasteiger partial charge in [-0.25, -0.2) is 0 Å². The first-order valence-corrected chi connectivity index (χ1v) is 5.25. The van der Waals surface area contributed by atoms with E-state index in [0.29, 0.717) is 6.42 Å². The number of para-hydroxylation sites is 1. The van der Waals surface area contributed by atoms with Crippen LogP contribution < -0.4 is 4.74 Å². The van der Waals surface area contributed by atoms with Crippen molar-refractivity contribution in [3.63, 3.8) is 0 Å². The van der Waals surface area contributed by atoms with Crippen molar-refractivity contribution < 1.29 is 9.53 Å². The molecule has 0 bridgehead atoms. The topological polar surface area (TPSA) is 26.3 Å². The normalized spacial score (nSPS) is 12.2. The molecule has 3 heteroatoms. The maximum atomic E-state index is 10.5. The van der Waals surface area contributed by atoms with E-state index in [9.17, 15) is 4.79 Å². The minimum atomic E-state index is 0.0261. The van der Waals surface area contributed by atoms with E-state index in [1.807, 2.05) is 25.1 Å². The lowest BCUT2D eigenvalue weighted by Gasteiger charge is -2.11. The highest BCUT2D eigenvalue weighted by atomic mass is 79.9. The van der Waals surface area contributed by atoms with Crippen LogP contribution in [0.1, 0.15) is 12.5 Å². The van der Waals surface area contributed by atoms with Gasteiger partial charge >= 0.3 is 0 Å². The van der Waals surface area contributed by atoms with E-state index in [1.54, 1.807) is 7.11 Å². The molecule has 0 amide bonds. The Labute approximate surface area is 92.4 Å². The summed E-state index contributed by atoms with van der Waals surface area (Å²) in [5.41, 5.74) is 1.06. The van der Waals surface area contributed by atoms with E-state index in [4.69, 9.17) is 4.74 Å². The monoisotopic (exact) mass is 256 g/mol. The highest BCUT2D eigenvalue weighted by Gasteiger charge is 2.09. The molecule has 0 spiro atoms. The fourth-order valence-corrected chi connectivity index (χ4v) is 1.91. The Morgan fingerprint density at radius 1 is 1.57 bits per heavy atom. The molecule has 0 saturated heterocycles. The summed E-state index contributed by atoms with van der Waals surface area (Å²) in [7, 11) is 1.63. The second-order valence-corrected chi connectivity index (χ2v) is 4.10. The zero-order valence-electron chi connectivity index (χ0n) is 8.29. The van der Waals surface area contributed by atoms with E-state index in [0.717, 1.165) is 22.1 Å². The average molecular weight is 257 g/mol. The smallest absolute Gasteiger partial charge is 0.136 e. The molecule has 1 rings (SSSR count). The van der Waals surface area contributed by atoms with E-state index >= 15 is 0 Å². The summed E-state index contributed by atoms with van der Waals surface area (Å²) in [4.78, 5) is 10.5. The Kier molecular flexibility index (Phi) is 4.14. The minimum Gasteiger partial charge on any atom is -0.495 e. The molecule has 76 valence electrons. The maximum Gasteiger partial charge on any atom is 0.136 e. The number of halogens is 1. The quantitative estimate of drug-likeness (QED) is 0.775. The van der Waals surface area contributed by atoms with Gasteiger partial charge in [0, 0.05) is 5.92 Å². The number of ether oxygens (including phenoxy) is 1. The molecule has 0 heterocycles. The van der Waals surface area contributed by atoms with Gasteiger partial charge < -0.3 is 9.53 Å². The van der Waals surface area contributed by atoms with Crippen molar-refractivity contribution in [2.75, 3.05) is 7.11 Å². The highest BCUT2D eigenvalue weighted by Crippen LogP contribution is 2.29. The molecule has 1 unspecified atom stereocenters. The number of carbonyl (C=O) groups excluding carboxylic acids is 1. The zero-order valence-corrected chi connectivity index (χ0v) is 9.87. The first-order chi connectivity index (χ1) is 6.69. The first-order valence-electron chi connectivity index (χ1n) is 4.45. The maximum absolute atomic E-state index is 10.5. The van der Waals surface area contributed by atoms with Crippen LogP contribution in [0.3, 0.4) is 0 Å². The number of benzene rings is 1. The van der Waals surface area contributed by atoms with Crippen LogP contribution in [0.25, 0.3) is 0 Å². The summed E-state index contributed by atoms with van der Waals surface area (Å²) in [5.74, 6) is 0.847. The Hall–Kier alpha value is -0.830. The van der Waals surface area contributed by atoms with Crippen molar-refractivity contribution in [3.05, 3.63) is 28.2 Å². The predicted octanol–water partition coefficient (Wildman–Crippen LogP) is 2.84. The van der Waals surface area contributed by atoms with E-state index in [-0.39, 0.29) is 5.92 Å². The molecule has 0 N–H and O–H groups in total. The Balaban J connectivity index is 2.95. The number of hydrogen-bond acceptors (Lipinski definition) is 2. The summed E-state index contributed by atoms with van der Waals surface area (Å²) in [6.45, 7) is 1.90. The van der Waals surface area contributed by atoms with Gasteiger partial charge in [0.05, 0.1) is 11.6 Å². The third-order valence-corrected chi connectivity index (χ3v) is 2.65. The minimum absolute atomic E-state index is 0.0261. The number of carbonyl (C=O) groups is 1. The van der Waals surface area contributed by atoms with Crippen LogP contribution in [-0.2, 0) is 11.2 Å². The van der Waals surface area contributed by atoms with Crippen molar-refractivity contribution in [1.82, 2.24) is 0 Å². The molecule has 1 aromatic rings. The zero-order chi connectivity index (χ0) is 10.6. The summed E-state index contributed by atoms with van der Waals surface area (Å²) in [6, 6.07) is 5.84. The predicted molar refractivity (Wildman–Crippen MR) is 59.6 cm³/mol. The van der Waals surface area contributed by atoms with Gasteiger partial charge in [-0.15, -0.1) is 0 Å². The Morgan fingerprint density at radius 2 is 2.29 bits per heavy atom. The van der Waals surface area contributed by atoms with Gasteiger partial charge in [-0.2, -0.15) is 0 Å². The Bertz CT molecular complexity index is 323. The number of hydrogen-bond donors (Lipinski definition) is 0. The van der Waals surface area contributed by atoms with E-state index in [2.05, 4.69) is 15.9 Å². The second-order valence-electron chi connectivity index (χ2n) is 3.25. The fraction of sp³-hybridized carbons (Fsp3) is 0.364. The number of aldehydes is 1. The van der Waals surface area contributed by atoms with Gasteiger partial charge in [0.1, 0.15) is 12.0 Å². The second kappa shape index (κ2) is 5.15. The SMILES string of the molecule is COc1c(Br)cccc1CC(C)C=O. The van der Waals surface area contributed by atoms with Crippen molar-refractivity contribution in [1.29, 1.82) is 0 Å². The van der Waals surface area contributed by atoms with Gasteiger partial charge in [-0.3, -0.25) is 0 Å². The highest BCUT2D eigenvalue weighted by molar-refractivity contribution is 9.10. The van der Waals surface area contributed by atoms with E-state index < -0.39 is 0 Å². The van der Waals surface area contributed by atoms with Crippen LogP contribution in [0.2, 0.25) is 0 Å². The van der Waals surface area contributed by atoms with Crippen molar-refractivity contribution in [2.24, 2.45) is 5.92 Å². The van der Waals surface area contributed by atoms with E-state index in [1.165, 1.54) is 0 Å². The molecular formula is C11H13BrO2. The van der Waals surface area contributed by atoms with Gasteiger partial charge in [0.15, 0.2) is 0 Å². The number of rotatable bonds is 4. The summed E-state index contributed by atoms with van der Waals surface area (Å²) in [5, 5.41) is 0. The molecule has 0 aliphatic rings. The van der Waals surface area contributed by atoms with Crippen LogP contribution in [-0.4, -0.2) is 13.4 Å². The number of methoxy groups -OCH3 is 1. The van der Waals surface area contributed by atoms with Gasteiger partial charge in [0.25, 0.3) is 0 Å². The molecule has 0 aliphatic carbocycles. The average Bonchev–Trinajstić information content (AvgIpc) is 2.18. The van der Waals surface area contributed by atoms with Gasteiger partial charge in [0.2, 0.25) is 0 Å². The molecule has 0 saturated carbocycles. The lowest BCUT2D eigenvalue weighted by Crippen LogP contribution is -2.02. The lowest BCUT2D eigenvalue weighted by atomic mass is 10.0. The molecule has 0 aromatic heterocycles. The third-order valence-electron chi connectivity index (χ3n) is 2.03. The molecule has 0 radical (unpaired) electrons. The van der Waals surface area contributed by atoms with Crippen LogP contribution in [0.5, 0.6) is 5.75 Å². The van der Waals surface area contributed by atoms with Crippen molar-refractivity contribution in [2.45, 2.75) is 13.3 Å². The molecule has 0 aliphatic heterocycles. The first kappa shape index (κ1) is 11.2. The fourth-order valence-electron chi connectivity index (χ4n) is 1.34. The molecule has 2 nitrogen and oxygen atoms in total. The van der Waals surface area contributed by atoms with Crippen molar-refractivity contribution >= 4 is 22.2 Å². The van der Waals surface area contributed by atoms with Gasteiger partial charge in [-0.05, 0) is 34.0 Å². The molecular weight excluding hydrogens is 244 g/mol. The lowest BCUT2D eigenvalue weighted by molar-refractivity contribution is -0.110. The van der Waals surface area contributed by atoms with Crippen LogP contribution in [0, 0.1) is 5.92 Å². The standard InChI is InChI=1S/C11H13BrO2/c1-8(7-13)6-9-4-3-5-10(12)11(9)14-2/h3-5,7-8H,6H2,1-2H3.